The zero-order chi connectivity index (χ0) is 10.1. The zero-order valence-corrected chi connectivity index (χ0v) is 7.39. The minimum atomic E-state index is -0.600. The molecule has 0 aliphatic carbocycles. The van der Waals surface area contributed by atoms with Crippen LogP contribution in [0.1, 0.15) is 24.4 Å². The van der Waals surface area contributed by atoms with Crippen molar-refractivity contribution in [2.75, 3.05) is 0 Å². The van der Waals surface area contributed by atoms with Crippen LogP contribution in [0.2, 0.25) is 0 Å². The van der Waals surface area contributed by atoms with Crippen LogP contribution in [0.4, 0.5) is 8.78 Å². The van der Waals surface area contributed by atoms with Crippen molar-refractivity contribution in [1.82, 2.24) is 5.32 Å². The Kier molecular flexibility index (Phi) is 2.19. The second kappa shape index (κ2) is 3.36. The van der Waals surface area contributed by atoms with Crippen molar-refractivity contribution in [2.45, 2.75) is 18.9 Å². The third kappa shape index (κ3) is 1.47. The molecule has 0 radical (unpaired) electrons. The number of carbonyl (C=O) groups is 1. The number of carbonyl (C=O) groups excluding carboxylic acids is 1. The van der Waals surface area contributed by atoms with Gasteiger partial charge in [0.1, 0.15) is 11.6 Å². The van der Waals surface area contributed by atoms with Gasteiger partial charge in [-0.25, -0.2) is 8.78 Å². The smallest absolute Gasteiger partial charge is 0.220 e. The van der Waals surface area contributed by atoms with E-state index in [9.17, 15) is 13.6 Å². The summed E-state index contributed by atoms with van der Waals surface area (Å²) in [5, 5.41) is 2.53. The van der Waals surface area contributed by atoms with Gasteiger partial charge in [0.2, 0.25) is 5.91 Å². The van der Waals surface area contributed by atoms with Crippen molar-refractivity contribution in [3.05, 3.63) is 35.4 Å². The normalized spacial score (nSPS) is 21.0. The highest BCUT2D eigenvalue weighted by atomic mass is 19.1. The number of halogens is 2. The van der Waals surface area contributed by atoms with Crippen LogP contribution < -0.4 is 5.32 Å². The van der Waals surface area contributed by atoms with Crippen LogP contribution in [0.3, 0.4) is 0 Å². The molecule has 0 bridgehead atoms. The lowest BCUT2D eigenvalue weighted by Gasteiger charge is -2.11. The third-order valence-electron chi connectivity index (χ3n) is 2.34. The molecule has 1 saturated heterocycles. The standard InChI is InChI=1S/C10H9F2NO/c11-6-2-1-3-7(12)10(6)8-4-5-9(14)13-8/h1-3,8H,4-5H2,(H,13,14). The summed E-state index contributed by atoms with van der Waals surface area (Å²) >= 11 is 0. The molecule has 1 atom stereocenters. The predicted octanol–water partition coefficient (Wildman–Crippen LogP) is 1.92. The lowest BCUT2D eigenvalue weighted by atomic mass is 10.0. The molecule has 14 heavy (non-hydrogen) atoms. The van der Waals surface area contributed by atoms with Crippen LogP contribution in [-0.4, -0.2) is 5.91 Å². The molecule has 0 aromatic heterocycles. The van der Waals surface area contributed by atoms with Gasteiger partial charge < -0.3 is 5.32 Å². The summed E-state index contributed by atoms with van der Waals surface area (Å²) in [4.78, 5) is 10.9. The van der Waals surface area contributed by atoms with Crippen molar-refractivity contribution in [2.24, 2.45) is 0 Å². The Hall–Kier alpha value is -1.45. The van der Waals surface area contributed by atoms with E-state index in [0.29, 0.717) is 12.8 Å². The van der Waals surface area contributed by atoms with Gasteiger partial charge in [0.25, 0.3) is 0 Å². The summed E-state index contributed by atoms with van der Waals surface area (Å²) < 4.78 is 26.5. The van der Waals surface area contributed by atoms with Gasteiger partial charge >= 0.3 is 0 Å². The van der Waals surface area contributed by atoms with Crippen molar-refractivity contribution in [3.63, 3.8) is 0 Å². The average Bonchev–Trinajstić information content (AvgIpc) is 2.51. The maximum absolute atomic E-state index is 13.2. The van der Waals surface area contributed by atoms with Gasteiger partial charge in [-0.3, -0.25) is 4.79 Å². The minimum absolute atomic E-state index is 0.0293. The Morgan fingerprint density at radius 1 is 1.29 bits per heavy atom. The molecule has 1 amide bonds. The molecule has 74 valence electrons. The maximum atomic E-state index is 13.2. The molecule has 1 aromatic rings. The molecule has 1 unspecified atom stereocenters. The summed E-state index contributed by atoms with van der Waals surface area (Å²) in [5.41, 5.74) is -0.0293. The summed E-state index contributed by atoms with van der Waals surface area (Å²) in [6.07, 6.45) is 0.787. The number of nitrogens with one attached hydrogen (secondary N) is 1. The summed E-state index contributed by atoms with van der Waals surface area (Å²) in [7, 11) is 0. The Morgan fingerprint density at radius 2 is 1.93 bits per heavy atom. The van der Waals surface area contributed by atoms with E-state index in [-0.39, 0.29) is 11.5 Å². The van der Waals surface area contributed by atoms with E-state index in [2.05, 4.69) is 5.32 Å². The zero-order valence-electron chi connectivity index (χ0n) is 7.39. The van der Waals surface area contributed by atoms with Crippen LogP contribution >= 0.6 is 0 Å². The van der Waals surface area contributed by atoms with Gasteiger partial charge in [-0.05, 0) is 18.6 Å². The summed E-state index contributed by atoms with van der Waals surface area (Å²) in [6, 6.07) is 3.19. The van der Waals surface area contributed by atoms with Crippen LogP contribution in [0.5, 0.6) is 0 Å². The topological polar surface area (TPSA) is 29.1 Å². The van der Waals surface area contributed by atoms with Crippen LogP contribution in [-0.2, 0) is 4.79 Å². The molecule has 1 N–H and O–H groups in total. The van der Waals surface area contributed by atoms with Crippen molar-refractivity contribution in [1.29, 1.82) is 0 Å². The molecule has 0 spiro atoms. The fourth-order valence-electron chi connectivity index (χ4n) is 1.67. The number of hydrogen-bond donors (Lipinski definition) is 1. The Labute approximate surface area is 79.9 Å². The number of hydrogen-bond acceptors (Lipinski definition) is 1. The molecule has 1 aliphatic heterocycles. The molecule has 1 aliphatic rings. The van der Waals surface area contributed by atoms with E-state index in [1.807, 2.05) is 0 Å². The Morgan fingerprint density at radius 3 is 2.43 bits per heavy atom. The van der Waals surface area contributed by atoms with Gasteiger partial charge in [0, 0.05) is 12.0 Å². The minimum Gasteiger partial charge on any atom is -0.349 e. The molecule has 2 nitrogen and oxygen atoms in total. The highest BCUT2D eigenvalue weighted by molar-refractivity contribution is 5.78. The van der Waals surface area contributed by atoms with Crippen molar-refractivity contribution in [3.8, 4) is 0 Å². The quantitative estimate of drug-likeness (QED) is 0.732. The van der Waals surface area contributed by atoms with Crippen molar-refractivity contribution >= 4 is 5.91 Å². The van der Waals surface area contributed by atoms with Crippen LogP contribution in [0, 0.1) is 11.6 Å². The lowest BCUT2D eigenvalue weighted by Crippen LogP contribution is -2.20. The first-order valence-electron chi connectivity index (χ1n) is 4.42. The molecule has 2 rings (SSSR count). The number of amides is 1. The molecule has 1 heterocycles. The highest BCUT2D eigenvalue weighted by Crippen LogP contribution is 2.27. The monoisotopic (exact) mass is 197 g/mol. The predicted molar refractivity (Wildman–Crippen MR) is 46.5 cm³/mol. The van der Waals surface area contributed by atoms with E-state index in [0.717, 1.165) is 0 Å². The Balaban J connectivity index is 2.36. The second-order valence-electron chi connectivity index (χ2n) is 3.29. The van der Waals surface area contributed by atoms with Gasteiger partial charge in [-0.2, -0.15) is 0 Å². The highest BCUT2D eigenvalue weighted by Gasteiger charge is 2.27. The first-order valence-corrected chi connectivity index (χ1v) is 4.42. The van der Waals surface area contributed by atoms with Gasteiger partial charge in [-0.1, -0.05) is 6.07 Å². The largest absolute Gasteiger partial charge is 0.349 e. The van der Waals surface area contributed by atoms with Crippen molar-refractivity contribution < 1.29 is 13.6 Å². The number of benzene rings is 1. The molecular weight excluding hydrogens is 188 g/mol. The summed E-state index contributed by atoms with van der Waals surface area (Å²) in [6.45, 7) is 0. The Bertz CT molecular complexity index is 358. The van der Waals surface area contributed by atoms with E-state index < -0.39 is 17.7 Å². The van der Waals surface area contributed by atoms with Gasteiger partial charge in [0.15, 0.2) is 0 Å². The third-order valence-corrected chi connectivity index (χ3v) is 2.34. The average molecular weight is 197 g/mol. The SMILES string of the molecule is O=C1CCC(c2c(F)cccc2F)N1. The fraction of sp³-hybridized carbons (Fsp3) is 0.300. The second-order valence-corrected chi connectivity index (χ2v) is 3.29. The van der Waals surface area contributed by atoms with Gasteiger partial charge in [-0.15, -0.1) is 0 Å². The van der Waals surface area contributed by atoms with E-state index >= 15 is 0 Å². The van der Waals surface area contributed by atoms with E-state index in [4.69, 9.17) is 0 Å². The molecule has 0 saturated carbocycles. The van der Waals surface area contributed by atoms with Crippen LogP contribution in [0.15, 0.2) is 18.2 Å². The fourth-order valence-corrected chi connectivity index (χ4v) is 1.67. The molecule has 1 aromatic carbocycles. The van der Waals surface area contributed by atoms with Crippen LogP contribution in [0.25, 0.3) is 0 Å². The molecule has 4 heteroatoms. The maximum Gasteiger partial charge on any atom is 0.220 e. The molecular formula is C10H9F2NO. The van der Waals surface area contributed by atoms with E-state index in [1.54, 1.807) is 0 Å². The molecule has 1 fully saturated rings. The van der Waals surface area contributed by atoms with E-state index in [1.165, 1.54) is 18.2 Å². The first-order chi connectivity index (χ1) is 6.68. The summed E-state index contributed by atoms with van der Waals surface area (Å²) in [5.74, 6) is -1.35. The number of rotatable bonds is 1. The van der Waals surface area contributed by atoms with Gasteiger partial charge in [0.05, 0.1) is 6.04 Å². The lowest BCUT2D eigenvalue weighted by molar-refractivity contribution is -0.119. The first kappa shape index (κ1) is 9.12.